The first-order chi connectivity index (χ1) is 8.28. The van der Waals surface area contributed by atoms with Crippen LogP contribution < -0.4 is 5.32 Å². The summed E-state index contributed by atoms with van der Waals surface area (Å²) in [7, 11) is 0. The van der Waals surface area contributed by atoms with Gasteiger partial charge >= 0.3 is 0 Å². The van der Waals surface area contributed by atoms with Crippen LogP contribution in [0.3, 0.4) is 0 Å². The van der Waals surface area contributed by atoms with Crippen LogP contribution in [0.15, 0.2) is 11.6 Å². The Hall–Kier alpha value is -0.340. The standard InChI is InChI=1S/C15H28N2/c1-3-7-15(8-4-2)12-17(13-15)11-14-5-9-16-10-6-14/h5,16H,3-4,6-13H2,1-2H3. The number of nitrogens with zero attached hydrogens (tertiary/aromatic N) is 1. The van der Waals surface area contributed by atoms with E-state index in [4.69, 9.17) is 0 Å². The van der Waals surface area contributed by atoms with Crippen LogP contribution in [-0.4, -0.2) is 37.6 Å². The first kappa shape index (κ1) is 13.1. The second-order valence-electron chi connectivity index (χ2n) is 5.96. The molecule has 0 aromatic heterocycles. The zero-order valence-electron chi connectivity index (χ0n) is 11.6. The lowest BCUT2D eigenvalue weighted by atomic mass is 9.72. The van der Waals surface area contributed by atoms with E-state index in [1.165, 1.54) is 58.3 Å². The molecule has 2 heterocycles. The smallest absolute Gasteiger partial charge is 0.0194 e. The van der Waals surface area contributed by atoms with Crippen LogP contribution in [0.5, 0.6) is 0 Å². The van der Waals surface area contributed by atoms with Crippen LogP contribution in [-0.2, 0) is 0 Å². The van der Waals surface area contributed by atoms with Gasteiger partial charge in [0.15, 0.2) is 0 Å². The van der Waals surface area contributed by atoms with Crippen LogP contribution in [0.1, 0.15) is 46.0 Å². The van der Waals surface area contributed by atoms with E-state index in [-0.39, 0.29) is 0 Å². The van der Waals surface area contributed by atoms with Gasteiger partial charge < -0.3 is 5.32 Å². The third-order valence-electron chi connectivity index (χ3n) is 4.26. The Morgan fingerprint density at radius 3 is 2.47 bits per heavy atom. The van der Waals surface area contributed by atoms with Crippen molar-refractivity contribution in [3.8, 4) is 0 Å². The van der Waals surface area contributed by atoms with Gasteiger partial charge in [0.05, 0.1) is 0 Å². The van der Waals surface area contributed by atoms with Crippen molar-refractivity contribution >= 4 is 0 Å². The summed E-state index contributed by atoms with van der Waals surface area (Å²) in [4.78, 5) is 2.66. The highest BCUT2D eigenvalue weighted by Gasteiger charge is 2.40. The third kappa shape index (κ3) is 3.32. The molecule has 2 heteroatoms. The summed E-state index contributed by atoms with van der Waals surface area (Å²) < 4.78 is 0. The fourth-order valence-corrected chi connectivity index (χ4v) is 3.62. The van der Waals surface area contributed by atoms with Crippen LogP contribution in [0.2, 0.25) is 0 Å². The van der Waals surface area contributed by atoms with Crippen LogP contribution >= 0.6 is 0 Å². The van der Waals surface area contributed by atoms with Crippen molar-refractivity contribution in [2.75, 3.05) is 32.7 Å². The van der Waals surface area contributed by atoms with E-state index in [1.54, 1.807) is 5.57 Å². The summed E-state index contributed by atoms with van der Waals surface area (Å²) in [5.41, 5.74) is 2.34. The van der Waals surface area contributed by atoms with E-state index >= 15 is 0 Å². The number of hydrogen-bond acceptors (Lipinski definition) is 2. The van der Waals surface area contributed by atoms with Gasteiger partial charge in [0.25, 0.3) is 0 Å². The molecule has 0 spiro atoms. The van der Waals surface area contributed by atoms with E-state index in [2.05, 4.69) is 30.1 Å². The summed E-state index contributed by atoms with van der Waals surface area (Å²) in [5, 5.41) is 3.39. The van der Waals surface area contributed by atoms with Gasteiger partial charge in [0.1, 0.15) is 0 Å². The van der Waals surface area contributed by atoms with Gasteiger partial charge in [0, 0.05) is 26.2 Å². The molecular weight excluding hydrogens is 208 g/mol. The molecule has 1 N–H and O–H groups in total. The van der Waals surface area contributed by atoms with Crippen molar-refractivity contribution in [2.45, 2.75) is 46.0 Å². The molecule has 0 amide bonds. The fourth-order valence-electron chi connectivity index (χ4n) is 3.62. The minimum atomic E-state index is 0.678. The Morgan fingerprint density at radius 2 is 1.94 bits per heavy atom. The van der Waals surface area contributed by atoms with Crippen LogP contribution in [0.4, 0.5) is 0 Å². The van der Waals surface area contributed by atoms with Crippen molar-refractivity contribution < 1.29 is 0 Å². The SMILES string of the molecule is CCCC1(CCC)CN(CC2=CCNCC2)C1. The van der Waals surface area contributed by atoms with Crippen molar-refractivity contribution in [1.29, 1.82) is 0 Å². The molecule has 1 fully saturated rings. The summed E-state index contributed by atoms with van der Waals surface area (Å²) in [6, 6.07) is 0. The Morgan fingerprint density at radius 1 is 1.24 bits per heavy atom. The molecule has 17 heavy (non-hydrogen) atoms. The molecule has 0 saturated carbocycles. The largest absolute Gasteiger partial charge is 0.313 e. The fraction of sp³-hybridized carbons (Fsp3) is 0.867. The minimum absolute atomic E-state index is 0.678. The van der Waals surface area contributed by atoms with Crippen molar-refractivity contribution in [2.24, 2.45) is 5.41 Å². The van der Waals surface area contributed by atoms with E-state index in [0.29, 0.717) is 5.41 Å². The predicted molar refractivity (Wildman–Crippen MR) is 74.3 cm³/mol. The van der Waals surface area contributed by atoms with E-state index in [1.807, 2.05) is 0 Å². The highest BCUT2D eigenvalue weighted by molar-refractivity contribution is 5.11. The van der Waals surface area contributed by atoms with Gasteiger partial charge in [-0.2, -0.15) is 0 Å². The maximum Gasteiger partial charge on any atom is 0.0194 e. The van der Waals surface area contributed by atoms with E-state index < -0.39 is 0 Å². The van der Waals surface area contributed by atoms with Crippen LogP contribution in [0, 0.1) is 5.41 Å². The average molecular weight is 236 g/mol. The molecule has 2 aliphatic rings. The Kier molecular flexibility index (Phi) is 4.63. The summed E-state index contributed by atoms with van der Waals surface area (Å²) in [6.07, 6.45) is 9.20. The highest BCUT2D eigenvalue weighted by atomic mass is 15.2. The molecule has 0 unspecified atom stereocenters. The first-order valence-corrected chi connectivity index (χ1v) is 7.39. The first-order valence-electron chi connectivity index (χ1n) is 7.39. The summed E-state index contributed by atoms with van der Waals surface area (Å²) >= 11 is 0. The normalized spacial score (nSPS) is 24.2. The molecule has 0 aromatic carbocycles. The van der Waals surface area contributed by atoms with Gasteiger partial charge in [-0.25, -0.2) is 0 Å². The number of hydrogen-bond donors (Lipinski definition) is 1. The molecule has 0 aromatic rings. The summed E-state index contributed by atoms with van der Waals surface area (Å²) in [6.45, 7) is 10.8. The van der Waals surface area contributed by atoms with Crippen molar-refractivity contribution in [3.05, 3.63) is 11.6 Å². The number of likely N-dealkylation sites (tertiary alicyclic amines) is 1. The molecule has 0 radical (unpaired) electrons. The van der Waals surface area contributed by atoms with Gasteiger partial charge in [-0.3, -0.25) is 4.90 Å². The van der Waals surface area contributed by atoms with Crippen LogP contribution in [0.25, 0.3) is 0 Å². The maximum atomic E-state index is 3.39. The van der Waals surface area contributed by atoms with Gasteiger partial charge in [-0.15, -0.1) is 0 Å². The molecule has 98 valence electrons. The zero-order chi connectivity index (χ0) is 12.1. The molecule has 2 aliphatic heterocycles. The molecule has 2 rings (SSSR count). The zero-order valence-corrected chi connectivity index (χ0v) is 11.6. The maximum absolute atomic E-state index is 3.39. The average Bonchev–Trinajstić information content (AvgIpc) is 2.29. The molecule has 0 atom stereocenters. The lowest BCUT2D eigenvalue weighted by Crippen LogP contribution is -2.56. The second-order valence-corrected chi connectivity index (χ2v) is 5.96. The van der Waals surface area contributed by atoms with Gasteiger partial charge in [0.2, 0.25) is 0 Å². The van der Waals surface area contributed by atoms with Crippen molar-refractivity contribution in [1.82, 2.24) is 10.2 Å². The predicted octanol–water partition coefficient (Wildman–Crippen LogP) is 2.81. The number of nitrogens with one attached hydrogen (secondary N) is 1. The van der Waals surface area contributed by atoms with Crippen molar-refractivity contribution in [3.63, 3.8) is 0 Å². The number of rotatable bonds is 6. The summed E-state index contributed by atoms with van der Waals surface area (Å²) in [5.74, 6) is 0. The lowest BCUT2D eigenvalue weighted by Gasteiger charge is -2.51. The molecule has 0 bridgehead atoms. The molecule has 0 aliphatic carbocycles. The molecular formula is C15H28N2. The molecule has 2 nitrogen and oxygen atoms in total. The lowest BCUT2D eigenvalue weighted by molar-refractivity contribution is -0.00813. The van der Waals surface area contributed by atoms with E-state index in [0.717, 1.165) is 6.54 Å². The topological polar surface area (TPSA) is 15.3 Å². The minimum Gasteiger partial charge on any atom is -0.313 e. The Bertz CT molecular complexity index is 256. The molecule has 1 saturated heterocycles. The Labute approximate surface area is 106 Å². The monoisotopic (exact) mass is 236 g/mol. The Balaban J connectivity index is 1.77. The van der Waals surface area contributed by atoms with E-state index in [9.17, 15) is 0 Å². The quantitative estimate of drug-likeness (QED) is 0.713. The second kappa shape index (κ2) is 6.01. The highest BCUT2D eigenvalue weighted by Crippen LogP contribution is 2.39. The van der Waals surface area contributed by atoms with Gasteiger partial charge in [-0.05, 0) is 31.2 Å². The van der Waals surface area contributed by atoms with Gasteiger partial charge in [-0.1, -0.05) is 38.3 Å². The third-order valence-corrected chi connectivity index (χ3v) is 4.26.